The molecule has 0 spiro atoms. The van der Waals surface area contributed by atoms with Gasteiger partial charge in [0.1, 0.15) is 18.2 Å². The first-order chi connectivity index (χ1) is 9.65. The van der Waals surface area contributed by atoms with Gasteiger partial charge in [0.2, 0.25) is 0 Å². The summed E-state index contributed by atoms with van der Waals surface area (Å²) in [6.45, 7) is 1.09. The molecule has 0 amide bonds. The monoisotopic (exact) mass is 275 g/mol. The first kappa shape index (κ1) is 12.6. The molecule has 0 aromatic heterocycles. The van der Waals surface area contributed by atoms with Crippen LogP contribution in [0.15, 0.2) is 36.4 Å². The molecule has 0 aliphatic carbocycles. The Labute approximate surface area is 114 Å². The Balaban J connectivity index is 2.06. The number of hydrogen-bond donors (Lipinski definition) is 1. The second-order valence-electron chi connectivity index (χ2n) is 4.44. The van der Waals surface area contributed by atoms with E-state index in [9.17, 15) is 13.6 Å². The predicted octanol–water partition coefficient (Wildman–Crippen LogP) is 3.00. The highest BCUT2D eigenvalue weighted by molar-refractivity contribution is 6.11. The zero-order valence-corrected chi connectivity index (χ0v) is 10.5. The lowest BCUT2D eigenvalue weighted by atomic mass is 10.0. The van der Waals surface area contributed by atoms with Crippen molar-refractivity contribution in [3.05, 3.63) is 59.2 Å². The minimum atomic E-state index is -0.780. The van der Waals surface area contributed by atoms with Crippen molar-refractivity contribution in [3.8, 4) is 5.75 Å². The number of carbonyl (C=O) groups excluding carboxylic acids is 1. The lowest BCUT2D eigenvalue weighted by molar-refractivity contribution is 0.103. The number of ketones is 1. The van der Waals surface area contributed by atoms with Crippen molar-refractivity contribution in [1.82, 2.24) is 0 Å². The van der Waals surface area contributed by atoms with Crippen LogP contribution in [-0.4, -0.2) is 18.9 Å². The van der Waals surface area contributed by atoms with Gasteiger partial charge in [0.05, 0.1) is 11.3 Å². The Morgan fingerprint density at radius 1 is 1.15 bits per heavy atom. The van der Waals surface area contributed by atoms with Crippen LogP contribution in [0.2, 0.25) is 0 Å². The van der Waals surface area contributed by atoms with E-state index in [1.54, 1.807) is 18.2 Å². The van der Waals surface area contributed by atoms with Gasteiger partial charge in [-0.25, -0.2) is 8.78 Å². The minimum absolute atomic E-state index is 0.0370. The van der Waals surface area contributed by atoms with E-state index in [2.05, 4.69) is 5.32 Å². The van der Waals surface area contributed by atoms with Crippen molar-refractivity contribution in [2.45, 2.75) is 0 Å². The molecule has 0 fully saturated rings. The third-order valence-corrected chi connectivity index (χ3v) is 3.05. The number of anilines is 1. The maximum atomic E-state index is 13.2. The summed E-state index contributed by atoms with van der Waals surface area (Å²) in [7, 11) is 0. The van der Waals surface area contributed by atoms with Gasteiger partial charge in [-0.15, -0.1) is 0 Å². The summed E-state index contributed by atoms with van der Waals surface area (Å²) in [5.41, 5.74) is 0.962. The van der Waals surface area contributed by atoms with Crippen molar-refractivity contribution in [2.75, 3.05) is 18.5 Å². The van der Waals surface area contributed by atoms with Crippen molar-refractivity contribution < 1.29 is 18.3 Å². The molecule has 3 rings (SSSR count). The summed E-state index contributed by atoms with van der Waals surface area (Å²) in [4.78, 5) is 12.4. The number of para-hydroxylation sites is 1. The van der Waals surface area contributed by atoms with Crippen molar-refractivity contribution in [2.24, 2.45) is 0 Å². The molecular weight excluding hydrogens is 264 g/mol. The molecule has 1 aliphatic heterocycles. The molecule has 2 aromatic carbocycles. The molecule has 1 N–H and O–H groups in total. The first-order valence-electron chi connectivity index (χ1n) is 6.15. The second kappa shape index (κ2) is 4.92. The number of benzene rings is 2. The van der Waals surface area contributed by atoms with Crippen LogP contribution in [0.4, 0.5) is 14.5 Å². The molecule has 5 heteroatoms. The van der Waals surface area contributed by atoms with E-state index in [1.165, 1.54) is 0 Å². The van der Waals surface area contributed by atoms with Gasteiger partial charge in [-0.05, 0) is 24.3 Å². The normalized spacial score (nSPS) is 13.1. The van der Waals surface area contributed by atoms with Gasteiger partial charge in [0, 0.05) is 18.2 Å². The predicted molar refractivity (Wildman–Crippen MR) is 70.2 cm³/mol. The minimum Gasteiger partial charge on any atom is -0.489 e. The zero-order valence-electron chi connectivity index (χ0n) is 10.5. The Morgan fingerprint density at radius 3 is 2.65 bits per heavy atom. The van der Waals surface area contributed by atoms with E-state index in [0.717, 1.165) is 18.2 Å². The van der Waals surface area contributed by atoms with Crippen LogP contribution in [0.5, 0.6) is 5.75 Å². The van der Waals surface area contributed by atoms with Gasteiger partial charge in [-0.3, -0.25) is 4.79 Å². The van der Waals surface area contributed by atoms with Crippen LogP contribution in [0.1, 0.15) is 15.9 Å². The van der Waals surface area contributed by atoms with Gasteiger partial charge in [-0.1, -0.05) is 6.07 Å². The molecule has 3 nitrogen and oxygen atoms in total. The first-order valence-corrected chi connectivity index (χ1v) is 6.15. The van der Waals surface area contributed by atoms with Gasteiger partial charge < -0.3 is 10.1 Å². The Morgan fingerprint density at radius 2 is 1.90 bits per heavy atom. The highest BCUT2D eigenvalue weighted by Gasteiger charge is 2.20. The van der Waals surface area contributed by atoms with Crippen LogP contribution in [0.3, 0.4) is 0 Å². The average Bonchev–Trinajstić information content (AvgIpc) is 2.45. The van der Waals surface area contributed by atoms with Gasteiger partial charge in [0.25, 0.3) is 0 Å². The fourth-order valence-electron chi connectivity index (χ4n) is 2.19. The lowest BCUT2D eigenvalue weighted by Gasteiger charge is -2.21. The molecule has 0 radical (unpaired) electrons. The quantitative estimate of drug-likeness (QED) is 0.856. The van der Waals surface area contributed by atoms with Crippen LogP contribution in [0, 0.1) is 11.6 Å². The maximum Gasteiger partial charge on any atom is 0.197 e. The molecule has 0 unspecified atom stereocenters. The average molecular weight is 275 g/mol. The standard InChI is InChI=1S/C15H11F2NO2/c16-10-6-9(7-11(17)8-10)14(19)12-2-1-3-13-15(12)20-5-4-18-13/h1-3,6-8,18H,4-5H2. The van der Waals surface area contributed by atoms with E-state index in [4.69, 9.17) is 4.74 Å². The van der Waals surface area contributed by atoms with Crippen LogP contribution >= 0.6 is 0 Å². The molecule has 0 atom stereocenters. The Bertz CT molecular complexity index is 665. The summed E-state index contributed by atoms with van der Waals surface area (Å²) < 4.78 is 31.9. The largest absolute Gasteiger partial charge is 0.489 e. The topological polar surface area (TPSA) is 38.3 Å². The van der Waals surface area contributed by atoms with Crippen molar-refractivity contribution in [3.63, 3.8) is 0 Å². The van der Waals surface area contributed by atoms with E-state index in [-0.39, 0.29) is 5.56 Å². The highest BCUT2D eigenvalue weighted by Crippen LogP contribution is 2.32. The van der Waals surface area contributed by atoms with Crippen molar-refractivity contribution in [1.29, 1.82) is 0 Å². The zero-order chi connectivity index (χ0) is 14.1. The molecule has 1 heterocycles. The number of halogens is 2. The van der Waals surface area contributed by atoms with Crippen LogP contribution in [-0.2, 0) is 0 Å². The SMILES string of the molecule is O=C(c1cc(F)cc(F)c1)c1cccc2c1OCCN2. The number of hydrogen-bond acceptors (Lipinski definition) is 3. The van der Waals surface area contributed by atoms with Gasteiger partial charge in [-0.2, -0.15) is 0 Å². The number of carbonyl (C=O) groups is 1. The number of rotatable bonds is 2. The van der Waals surface area contributed by atoms with E-state index in [0.29, 0.717) is 30.2 Å². The lowest BCUT2D eigenvalue weighted by Crippen LogP contribution is -2.20. The third-order valence-electron chi connectivity index (χ3n) is 3.05. The number of nitrogens with one attached hydrogen (secondary N) is 1. The second-order valence-corrected chi connectivity index (χ2v) is 4.44. The summed E-state index contributed by atoms with van der Waals surface area (Å²) in [5.74, 6) is -1.60. The molecular formula is C15H11F2NO2. The molecule has 0 saturated carbocycles. The van der Waals surface area contributed by atoms with Gasteiger partial charge >= 0.3 is 0 Å². The fourth-order valence-corrected chi connectivity index (χ4v) is 2.19. The highest BCUT2D eigenvalue weighted by atomic mass is 19.1. The van der Waals surface area contributed by atoms with E-state index >= 15 is 0 Å². The Kier molecular flexibility index (Phi) is 3.10. The summed E-state index contributed by atoms with van der Waals surface area (Å²) in [6, 6.07) is 7.83. The number of ether oxygens (including phenoxy) is 1. The summed E-state index contributed by atoms with van der Waals surface area (Å²) in [6.07, 6.45) is 0. The summed E-state index contributed by atoms with van der Waals surface area (Å²) >= 11 is 0. The molecule has 0 bridgehead atoms. The fraction of sp³-hybridized carbons (Fsp3) is 0.133. The van der Waals surface area contributed by atoms with E-state index in [1.807, 2.05) is 0 Å². The number of fused-ring (bicyclic) bond motifs is 1. The van der Waals surface area contributed by atoms with Crippen molar-refractivity contribution >= 4 is 11.5 Å². The molecule has 102 valence electrons. The molecule has 2 aromatic rings. The molecule has 20 heavy (non-hydrogen) atoms. The maximum absolute atomic E-state index is 13.2. The van der Waals surface area contributed by atoms with Crippen LogP contribution in [0.25, 0.3) is 0 Å². The smallest absolute Gasteiger partial charge is 0.197 e. The summed E-state index contributed by atoms with van der Waals surface area (Å²) in [5, 5.41) is 3.11. The molecule has 0 saturated heterocycles. The van der Waals surface area contributed by atoms with Gasteiger partial charge in [0.15, 0.2) is 11.5 Å². The van der Waals surface area contributed by atoms with E-state index < -0.39 is 17.4 Å². The van der Waals surface area contributed by atoms with Crippen LogP contribution < -0.4 is 10.1 Å². The molecule has 1 aliphatic rings. The Hall–Kier alpha value is -2.43. The third kappa shape index (κ3) is 2.22.